The maximum absolute atomic E-state index is 12.6. The van der Waals surface area contributed by atoms with Crippen LogP contribution in [0.25, 0.3) is 0 Å². The molecule has 1 aromatic rings. The molecule has 0 saturated carbocycles. The van der Waals surface area contributed by atoms with Gasteiger partial charge in [-0.3, -0.25) is 14.5 Å². The molecular weight excluding hydrogens is 240 g/mol. The number of piperidine rings is 1. The summed E-state index contributed by atoms with van der Waals surface area (Å²) in [5.74, 6) is 0.0126. The van der Waals surface area contributed by atoms with Crippen molar-refractivity contribution in [1.82, 2.24) is 10.2 Å². The Hall–Kier alpha value is -1.68. The van der Waals surface area contributed by atoms with Crippen LogP contribution in [0.2, 0.25) is 0 Å². The van der Waals surface area contributed by atoms with Gasteiger partial charge in [0.15, 0.2) is 0 Å². The monoisotopic (exact) mass is 258 g/mol. The van der Waals surface area contributed by atoms with Crippen molar-refractivity contribution in [2.45, 2.75) is 25.8 Å². The van der Waals surface area contributed by atoms with E-state index in [0.29, 0.717) is 13.0 Å². The van der Waals surface area contributed by atoms with Gasteiger partial charge in [-0.1, -0.05) is 30.3 Å². The van der Waals surface area contributed by atoms with E-state index in [-0.39, 0.29) is 11.8 Å². The van der Waals surface area contributed by atoms with Crippen LogP contribution in [0, 0.1) is 5.41 Å². The average molecular weight is 258 g/mol. The van der Waals surface area contributed by atoms with Gasteiger partial charge >= 0.3 is 0 Å². The second-order valence-corrected chi connectivity index (χ2v) is 5.48. The van der Waals surface area contributed by atoms with E-state index in [2.05, 4.69) is 5.32 Å². The lowest BCUT2D eigenvalue weighted by molar-refractivity contribution is -0.142. The minimum atomic E-state index is -0.420. The number of amides is 2. The molecule has 4 nitrogen and oxygen atoms in total. The van der Waals surface area contributed by atoms with Crippen LogP contribution in [-0.2, 0) is 16.1 Å². The van der Waals surface area contributed by atoms with Crippen LogP contribution < -0.4 is 5.32 Å². The molecule has 100 valence electrons. The molecule has 3 rings (SSSR count). The molecule has 0 bridgehead atoms. The zero-order chi connectivity index (χ0) is 13.3. The molecule has 2 aliphatic rings. The number of imide groups is 1. The number of nitrogens with zero attached hydrogens (tertiary/aromatic N) is 1. The number of benzene rings is 1. The zero-order valence-corrected chi connectivity index (χ0v) is 10.9. The van der Waals surface area contributed by atoms with Gasteiger partial charge in [-0.25, -0.2) is 0 Å². The largest absolute Gasteiger partial charge is 0.317 e. The average Bonchev–Trinajstić information content (AvgIpc) is 2.66. The molecule has 0 unspecified atom stereocenters. The molecule has 2 amide bonds. The van der Waals surface area contributed by atoms with Crippen LogP contribution in [0.15, 0.2) is 30.3 Å². The van der Waals surface area contributed by atoms with Crippen LogP contribution >= 0.6 is 0 Å². The topological polar surface area (TPSA) is 49.4 Å². The zero-order valence-electron chi connectivity index (χ0n) is 10.9. The van der Waals surface area contributed by atoms with Gasteiger partial charge in [0.05, 0.1) is 12.0 Å². The minimum Gasteiger partial charge on any atom is -0.317 e. The summed E-state index contributed by atoms with van der Waals surface area (Å²) in [5.41, 5.74) is 0.590. The second kappa shape index (κ2) is 4.78. The van der Waals surface area contributed by atoms with Crippen molar-refractivity contribution in [1.29, 1.82) is 0 Å². The highest BCUT2D eigenvalue weighted by atomic mass is 16.2. The van der Waals surface area contributed by atoms with Crippen LogP contribution in [0.5, 0.6) is 0 Å². The quantitative estimate of drug-likeness (QED) is 0.814. The van der Waals surface area contributed by atoms with Crippen LogP contribution in [0.1, 0.15) is 24.8 Å². The maximum atomic E-state index is 12.6. The second-order valence-electron chi connectivity index (χ2n) is 5.48. The lowest BCUT2D eigenvalue weighted by atomic mass is 9.77. The van der Waals surface area contributed by atoms with E-state index in [1.165, 1.54) is 4.90 Å². The Kier molecular flexibility index (Phi) is 3.11. The third kappa shape index (κ3) is 2.16. The minimum absolute atomic E-state index is 0.0178. The highest BCUT2D eigenvalue weighted by molar-refractivity contribution is 6.05. The van der Waals surface area contributed by atoms with Crippen LogP contribution in [0.4, 0.5) is 0 Å². The summed E-state index contributed by atoms with van der Waals surface area (Å²) < 4.78 is 0. The summed E-state index contributed by atoms with van der Waals surface area (Å²) in [6, 6.07) is 9.70. The van der Waals surface area contributed by atoms with E-state index >= 15 is 0 Å². The Bertz CT molecular complexity index is 492. The Morgan fingerprint density at radius 3 is 2.47 bits per heavy atom. The summed E-state index contributed by atoms with van der Waals surface area (Å²) in [6.07, 6.45) is 1.95. The van der Waals surface area contributed by atoms with Crippen molar-refractivity contribution < 1.29 is 9.59 Å². The normalized spacial score (nSPS) is 22.2. The van der Waals surface area contributed by atoms with Crippen molar-refractivity contribution in [3.8, 4) is 0 Å². The van der Waals surface area contributed by atoms with E-state index in [1.54, 1.807) is 0 Å². The van der Waals surface area contributed by atoms with Crippen molar-refractivity contribution in [2.75, 3.05) is 13.1 Å². The molecular formula is C15H18N2O2. The van der Waals surface area contributed by atoms with Crippen molar-refractivity contribution >= 4 is 11.8 Å². The SMILES string of the molecule is O=C1CC2(CCNCC2)C(=O)N1Cc1ccccc1. The lowest BCUT2D eigenvalue weighted by Crippen LogP contribution is -2.42. The summed E-state index contributed by atoms with van der Waals surface area (Å²) in [4.78, 5) is 26.2. The maximum Gasteiger partial charge on any atom is 0.236 e. The first-order chi connectivity index (χ1) is 9.21. The summed E-state index contributed by atoms with van der Waals surface area (Å²) in [7, 11) is 0. The molecule has 1 N–H and O–H groups in total. The van der Waals surface area contributed by atoms with E-state index in [1.807, 2.05) is 30.3 Å². The van der Waals surface area contributed by atoms with Gasteiger partial charge < -0.3 is 5.32 Å². The fourth-order valence-electron chi connectivity index (χ4n) is 3.08. The summed E-state index contributed by atoms with van der Waals surface area (Å²) in [5, 5.41) is 3.25. The van der Waals surface area contributed by atoms with Gasteiger partial charge in [-0.2, -0.15) is 0 Å². The Morgan fingerprint density at radius 1 is 1.11 bits per heavy atom. The highest BCUT2D eigenvalue weighted by Gasteiger charge is 2.51. The fraction of sp³-hybridized carbons (Fsp3) is 0.467. The van der Waals surface area contributed by atoms with Gasteiger partial charge in [0.25, 0.3) is 0 Å². The van der Waals surface area contributed by atoms with E-state index in [4.69, 9.17) is 0 Å². The highest BCUT2D eigenvalue weighted by Crippen LogP contribution is 2.41. The molecule has 0 aromatic heterocycles. The smallest absolute Gasteiger partial charge is 0.236 e. The van der Waals surface area contributed by atoms with E-state index in [0.717, 1.165) is 31.5 Å². The van der Waals surface area contributed by atoms with Crippen molar-refractivity contribution in [3.05, 3.63) is 35.9 Å². The molecule has 19 heavy (non-hydrogen) atoms. The third-order valence-corrected chi connectivity index (χ3v) is 4.23. The van der Waals surface area contributed by atoms with Gasteiger partial charge in [0, 0.05) is 6.42 Å². The van der Waals surface area contributed by atoms with Crippen molar-refractivity contribution in [2.24, 2.45) is 5.41 Å². The first-order valence-corrected chi connectivity index (χ1v) is 6.81. The Labute approximate surface area is 112 Å². The number of rotatable bonds is 2. The number of likely N-dealkylation sites (tertiary alicyclic amines) is 1. The number of nitrogens with one attached hydrogen (secondary N) is 1. The van der Waals surface area contributed by atoms with E-state index < -0.39 is 5.41 Å². The molecule has 2 aliphatic heterocycles. The third-order valence-electron chi connectivity index (χ3n) is 4.23. The number of hydrogen-bond acceptors (Lipinski definition) is 3. The molecule has 0 atom stereocenters. The number of hydrogen-bond donors (Lipinski definition) is 1. The molecule has 1 aromatic carbocycles. The first kappa shape index (κ1) is 12.4. The Morgan fingerprint density at radius 2 is 1.79 bits per heavy atom. The molecule has 0 radical (unpaired) electrons. The molecule has 4 heteroatoms. The lowest BCUT2D eigenvalue weighted by Gasteiger charge is -2.31. The van der Waals surface area contributed by atoms with Gasteiger partial charge in [0.1, 0.15) is 0 Å². The standard InChI is InChI=1S/C15H18N2O2/c18-13-10-15(6-8-16-9-7-15)14(19)17(13)11-12-4-2-1-3-5-12/h1-5,16H,6-11H2. The summed E-state index contributed by atoms with van der Waals surface area (Å²) in [6.45, 7) is 2.07. The van der Waals surface area contributed by atoms with Crippen LogP contribution in [-0.4, -0.2) is 29.8 Å². The molecule has 2 heterocycles. The predicted molar refractivity (Wildman–Crippen MR) is 71.2 cm³/mol. The summed E-state index contributed by atoms with van der Waals surface area (Å²) >= 11 is 0. The number of carbonyl (C=O) groups excluding carboxylic acids is 2. The molecule has 1 spiro atoms. The molecule has 2 saturated heterocycles. The van der Waals surface area contributed by atoms with E-state index in [9.17, 15) is 9.59 Å². The van der Waals surface area contributed by atoms with Crippen LogP contribution in [0.3, 0.4) is 0 Å². The predicted octanol–water partition coefficient (Wildman–Crippen LogP) is 1.32. The van der Waals surface area contributed by atoms with Crippen molar-refractivity contribution in [3.63, 3.8) is 0 Å². The molecule has 0 aliphatic carbocycles. The fourth-order valence-corrected chi connectivity index (χ4v) is 3.08. The van der Waals surface area contributed by atoms with Gasteiger partial charge in [-0.15, -0.1) is 0 Å². The first-order valence-electron chi connectivity index (χ1n) is 6.81. The molecule has 2 fully saturated rings. The van der Waals surface area contributed by atoms with Gasteiger partial charge in [0.2, 0.25) is 11.8 Å². The van der Waals surface area contributed by atoms with Gasteiger partial charge in [-0.05, 0) is 31.5 Å². The Balaban J connectivity index is 1.79. The number of carbonyl (C=O) groups is 2.